The Labute approximate surface area is 104 Å². The summed E-state index contributed by atoms with van der Waals surface area (Å²) >= 11 is 0. The molecular weight excluding hydrogens is 215 g/mol. The molecule has 0 radical (unpaired) electrons. The summed E-state index contributed by atoms with van der Waals surface area (Å²) in [6.45, 7) is 5.19. The molecule has 0 heterocycles. The summed E-state index contributed by atoms with van der Waals surface area (Å²) in [6.07, 6.45) is 3.81. The molecule has 0 amide bonds. The molecule has 17 heavy (non-hydrogen) atoms. The van der Waals surface area contributed by atoms with E-state index in [-0.39, 0.29) is 5.82 Å². The van der Waals surface area contributed by atoms with Gasteiger partial charge in [0.05, 0.1) is 0 Å². The number of nitrogens with one attached hydrogen (secondary N) is 1. The van der Waals surface area contributed by atoms with Crippen molar-refractivity contribution in [3.8, 4) is 0 Å². The van der Waals surface area contributed by atoms with Crippen LogP contribution in [0.1, 0.15) is 26.2 Å². The number of likely N-dealkylation sites (N-methyl/N-ethyl adjacent to an activating group) is 1. The highest BCUT2D eigenvalue weighted by atomic mass is 19.1. The maximum atomic E-state index is 12.9. The number of rotatable bonds is 8. The molecule has 0 aliphatic rings. The molecule has 2 nitrogen and oxygen atoms in total. The van der Waals surface area contributed by atoms with Crippen LogP contribution in [-0.4, -0.2) is 31.6 Å². The number of unbranched alkanes of at least 4 members (excludes halogenated alkanes) is 2. The molecule has 0 saturated heterocycles. The summed E-state index contributed by atoms with van der Waals surface area (Å²) in [4.78, 5) is 2.31. The van der Waals surface area contributed by atoms with Gasteiger partial charge in [0.2, 0.25) is 0 Å². The molecule has 1 N–H and O–H groups in total. The van der Waals surface area contributed by atoms with E-state index in [1.807, 2.05) is 6.07 Å². The van der Waals surface area contributed by atoms with Crippen molar-refractivity contribution in [2.75, 3.05) is 32.0 Å². The molecule has 0 bridgehead atoms. The van der Waals surface area contributed by atoms with Crippen molar-refractivity contribution >= 4 is 5.69 Å². The number of nitrogens with zero attached hydrogens (tertiary/aromatic N) is 1. The van der Waals surface area contributed by atoms with Gasteiger partial charge in [0.25, 0.3) is 0 Å². The van der Waals surface area contributed by atoms with Gasteiger partial charge in [-0.2, -0.15) is 0 Å². The minimum Gasteiger partial charge on any atom is -0.384 e. The number of benzene rings is 1. The van der Waals surface area contributed by atoms with E-state index in [0.29, 0.717) is 0 Å². The van der Waals surface area contributed by atoms with Crippen molar-refractivity contribution in [1.82, 2.24) is 4.90 Å². The van der Waals surface area contributed by atoms with Crippen LogP contribution < -0.4 is 5.32 Å². The fourth-order valence-electron chi connectivity index (χ4n) is 1.73. The molecular formula is C14H23FN2. The summed E-state index contributed by atoms with van der Waals surface area (Å²) in [6, 6.07) is 6.60. The van der Waals surface area contributed by atoms with Gasteiger partial charge in [-0.1, -0.05) is 25.8 Å². The highest BCUT2D eigenvalue weighted by Gasteiger charge is 1.98. The smallest absolute Gasteiger partial charge is 0.125 e. The number of halogens is 1. The molecule has 0 aliphatic heterocycles. The van der Waals surface area contributed by atoms with Gasteiger partial charge in [-0.05, 0) is 38.2 Å². The molecule has 0 saturated carbocycles. The predicted octanol–water partition coefficient (Wildman–Crippen LogP) is 3.36. The molecule has 0 atom stereocenters. The first-order valence-corrected chi connectivity index (χ1v) is 6.40. The zero-order valence-electron chi connectivity index (χ0n) is 10.9. The highest BCUT2D eigenvalue weighted by molar-refractivity contribution is 5.42. The Hall–Kier alpha value is -1.09. The third-order valence-electron chi connectivity index (χ3n) is 2.79. The minimum atomic E-state index is -0.189. The normalized spacial score (nSPS) is 10.8. The lowest BCUT2D eigenvalue weighted by atomic mass is 10.2. The van der Waals surface area contributed by atoms with E-state index in [0.717, 1.165) is 25.3 Å². The van der Waals surface area contributed by atoms with Crippen LogP contribution in [-0.2, 0) is 0 Å². The van der Waals surface area contributed by atoms with Gasteiger partial charge in [-0.3, -0.25) is 0 Å². The molecule has 0 unspecified atom stereocenters. The zero-order chi connectivity index (χ0) is 12.5. The topological polar surface area (TPSA) is 15.3 Å². The van der Waals surface area contributed by atoms with Crippen LogP contribution >= 0.6 is 0 Å². The zero-order valence-corrected chi connectivity index (χ0v) is 10.9. The first-order valence-electron chi connectivity index (χ1n) is 6.40. The van der Waals surface area contributed by atoms with Crippen LogP contribution in [0.5, 0.6) is 0 Å². The lowest BCUT2D eigenvalue weighted by Crippen LogP contribution is -2.26. The van der Waals surface area contributed by atoms with Crippen LogP contribution in [0.2, 0.25) is 0 Å². The molecule has 96 valence electrons. The summed E-state index contributed by atoms with van der Waals surface area (Å²) < 4.78 is 12.9. The lowest BCUT2D eigenvalue weighted by Gasteiger charge is -2.17. The van der Waals surface area contributed by atoms with E-state index >= 15 is 0 Å². The molecule has 0 aliphatic carbocycles. The van der Waals surface area contributed by atoms with E-state index in [2.05, 4.69) is 24.2 Å². The first-order chi connectivity index (χ1) is 8.22. The number of anilines is 1. The number of hydrogen-bond acceptors (Lipinski definition) is 2. The van der Waals surface area contributed by atoms with Gasteiger partial charge in [0.1, 0.15) is 5.82 Å². The largest absolute Gasteiger partial charge is 0.384 e. The Balaban J connectivity index is 2.14. The first kappa shape index (κ1) is 14.0. The van der Waals surface area contributed by atoms with Crippen molar-refractivity contribution in [3.63, 3.8) is 0 Å². The van der Waals surface area contributed by atoms with E-state index in [1.54, 1.807) is 6.07 Å². The standard InChI is InChI=1S/C14H23FN2/c1-3-4-5-10-17(2)11-9-16-14-8-6-7-13(15)12-14/h6-8,12,16H,3-5,9-11H2,1-2H3. The third kappa shape index (κ3) is 6.27. The van der Waals surface area contributed by atoms with Gasteiger partial charge in [0, 0.05) is 18.8 Å². The maximum Gasteiger partial charge on any atom is 0.125 e. The Morgan fingerprint density at radius 1 is 1.24 bits per heavy atom. The van der Waals surface area contributed by atoms with Crippen LogP contribution in [0.4, 0.5) is 10.1 Å². The van der Waals surface area contributed by atoms with E-state index in [1.165, 1.54) is 31.4 Å². The second-order valence-electron chi connectivity index (χ2n) is 4.45. The predicted molar refractivity (Wildman–Crippen MR) is 71.9 cm³/mol. The fraction of sp³-hybridized carbons (Fsp3) is 0.571. The van der Waals surface area contributed by atoms with Crippen LogP contribution in [0.25, 0.3) is 0 Å². The molecule has 0 spiro atoms. The van der Waals surface area contributed by atoms with E-state index in [9.17, 15) is 4.39 Å². The van der Waals surface area contributed by atoms with Gasteiger partial charge >= 0.3 is 0 Å². The fourth-order valence-corrected chi connectivity index (χ4v) is 1.73. The summed E-state index contributed by atoms with van der Waals surface area (Å²) in [5.41, 5.74) is 0.854. The second kappa shape index (κ2) is 8.07. The van der Waals surface area contributed by atoms with Crippen molar-refractivity contribution in [2.24, 2.45) is 0 Å². The summed E-state index contributed by atoms with van der Waals surface area (Å²) in [7, 11) is 2.13. The number of hydrogen-bond donors (Lipinski definition) is 1. The lowest BCUT2D eigenvalue weighted by molar-refractivity contribution is 0.337. The van der Waals surface area contributed by atoms with Crippen LogP contribution in [0.3, 0.4) is 0 Å². The summed E-state index contributed by atoms with van der Waals surface area (Å²) in [5.74, 6) is -0.189. The van der Waals surface area contributed by atoms with Crippen molar-refractivity contribution < 1.29 is 4.39 Å². The van der Waals surface area contributed by atoms with Gasteiger partial charge in [-0.15, -0.1) is 0 Å². The van der Waals surface area contributed by atoms with Crippen molar-refractivity contribution in [3.05, 3.63) is 30.1 Å². The van der Waals surface area contributed by atoms with Crippen molar-refractivity contribution in [2.45, 2.75) is 26.2 Å². The second-order valence-corrected chi connectivity index (χ2v) is 4.45. The van der Waals surface area contributed by atoms with E-state index in [4.69, 9.17) is 0 Å². The SMILES string of the molecule is CCCCCN(C)CCNc1cccc(F)c1. The quantitative estimate of drug-likeness (QED) is 0.699. The maximum absolute atomic E-state index is 12.9. The summed E-state index contributed by atoms with van der Waals surface area (Å²) in [5, 5.41) is 3.23. The Morgan fingerprint density at radius 2 is 2.06 bits per heavy atom. The van der Waals surface area contributed by atoms with Crippen LogP contribution in [0.15, 0.2) is 24.3 Å². The van der Waals surface area contributed by atoms with Gasteiger partial charge in [0.15, 0.2) is 0 Å². The Morgan fingerprint density at radius 3 is 2.76 bits per heavy atom. The Bertz CT molecular complexity index is 315. The average molecular weight is 238 g/mol. The molecule has 1 aromatic carbocycles. The van der Waals surface area contributed by atoms with Crippen molar-refractivity contribution in [1.29, 1.82) is 0 Å². The molecule has 1 rings (SSSR count). The highest BCUT2D eigenvalue weighted by Crippen LogP contribution is 2.08. The van der Waals surface area contributed by atoms with Crippen LogP contribution in [0, 0.1) is 5.82 Å². The molecule has 1 aromatic rings. The van der Waals surface area contributed by atoms with Gasteiger partial charge < -0.3 is 10.2 Å². The molecule has 3 heteroatoms. The average Bonchev–Trinajstić information content (AvgIpc) is 2.29. The molecule has 0 aromatic heterocycles. The van der Waals surface area contributed by atoms with Gasteiger partial charge in [-0.25, -0.2) is 4.39 Å². The minimum absolute atomic E-state index is 0.189. The van der Waals surface area contributed by atoms with E-state index < -0.39 is 0 Å². The third-order valence-corrected chi connectivity index (χ3v) is 2.79. The monoisotopic (exact) mass is 238 g/mol. The molecule has 0 fully saturated rings. The Kier molecular flexibility index (Phi) is 6.63.